The van der Waals surface area contributed by atoms with E-state index in [1.54, 1.807) is 5.57 Å². The van der Waals surface area contributed by atoms with E-state index in [1.807, 2.05) is 0 Å². The second kappa shape index (κ2) is 4.89. The van der Waals surface area contributed by atoms with Crippen LogP contribution < -0.4 is 0 Å². The fourth-order valence-electron chi connectivity index (χ4n) is 4.04. The molecule has 1 spiro atoms. The molecule has 2 aliphatic heterocycles. The minimum Gasteiger partial charge on any atom is -0.352 e. The molecule has 0 aromatic heterocycles. The van der Waals surface area contributed by atoms with Crippen LogP contribution in [-0.4, -0.2) is 18.5 Å². The first-order chi connectivity index (χ1) is 9.00. The lowest BCUT2D eigenvalue weighted by Gasteiger charge is -2.35. The minimum absolute atomic E-state index is 0.0191. The van der Waals surface area contributed by atoms with Gasteiger partial charge in [-0.05, 0) is 36.7 Å². The lowest BCUT2D eigenvalue weighted by Crippen LogP contribution is -2.34. The van der Waals surface area contributed by atoms with E-state index in [-0.39, 0.29) is 17.3 Å². The summed E-state index contributed by atoms with van der Waals surface area (Å²) in [5, 5.41) is 0. The van der Waals surface area contributed by atoms with Crippen molar-refractivity contribution < 1.29 is 9.47 Å². The third-order valence-corrected chi connectivity index (χ3v) is 4.79. The number of fused-ring (bicyclic) bond motifs is 1. The van der Waals surface area contributed by atoms with Gasteiger partial charge < -0.3 is 9.47 Å². The zero-order valence-corrected chi connectivity index (χ0v) is 12.7. The van der Waals surface area contributed by atoms with Gasteiger partial charge in [0.2, 0.25) is 0 Å². The smallest absolute Gasteiger partial charge is 0.165 e. The van der Waals surface area contributed by atoms with Crippen molar-refractivity contribution in [3.05, 3.63) is 11.6 Å². The molecule has 0 N–H and O–H groups in total. The molecule has 0 aromatic carbocycles. The Kier molecular flexibility index (Phi) is 3.51. The third kappa shape index (κ3) is 2.62. The molecule has 0 amide bonds. The first kappa shape index (κ1) is 13.6. The van der Waals surface area contributed by atoms with Crippen LogP contribution in [0.1, 0.15) is 65.7 Å². The molecule has 2 saturated heterocycles. The summed E-state index contributed by atoms with van der Waals surface area (Å²) >= 11 is 0. The molecule has 19 heavy (non-hydrogen) atoms. The van der Waals surface area contributed by atoms with Gasteiger partial charge in [-0.2, -0.15) is 0 Å². The van der Waals surface area contributed by atoms with Gasteiger partial charge in [-0.3, -0.25) is 0 Å². The van der Waals surface area contributed by atoms with Crippen LogP contribution in [0.2, 0.25) is 0 Å². The Labute approximate surface area is 117 Å². The predicted molar refractivity (Wildman–Crippen MR) is 76.9 cm³/mol. The Morgan fingerprint density at radius 3 is 2.53 bits per heavy atom. The summed E-state index contributed by atoms with van der Waals surface area (Å²) in [5.74, 6) is 0.520. The van der Waals surface area contributed by atoms with Crippen molar-refractivity contribution in [1.82, 2.24) is 0 Å². The molecule has 2 heteroatoms. The maximum Gasteiger partial charge on any atom is 0.165 e. The summed E-state index contributed by atoms with van der Waals surface area (Å²) in [4.78, 5) is 0. The maximum absolute atomic E-state index is 6.46. The van der Waals surface area contributed by atoms with Crippen molar-refractivity contribution in [3.8, 4) is 0 Å². The standard InChI is InChI=1S/C17H28O2/c1-16(2,3)12-14-13-8-7-11-18-15(13)19-17(14)9-5-4-6-10-17/h12-13,15H,4-11H2,1-3H3/b14-12+. The molecule has 0 radical (unpaired) electrons. The largest absolute Gasteiger partial charge is 0.352 e. The Balaban J connectivity index is 1.95. The fraction of sp³-hybridized carbons (Fsp3) is 0.882. The first-order valence-electron chi connectivity index (χ1n) is 8.03. The molecule has 0 aromatic rings. The van der Waals surface area contributed by atoms with E-state index in [0.717, 1.165) is 6.61 Å². The molecule has 0 bridgehead atoms. The summed E-state index contributed by atoms with van der Waals surface area (Å²) in [6, 6.07) is 0. The highest BCUT2D eigenvalue weighted by Gasteiger charge is 2.52. The molecule has 2 atom stereocenters. The van der Waals surface area contributed by atoms with E-state index in [9.17, 15) is 0 Å². The zero-order chi connectivity index (χ0) is 13.5. The van der Waals surface area contributed by atoms with E-state index in [1.165, 1.54) is 44.9 Å². The van der Waals surface area contributed by atoms with Crippen LogP contribution in [0, 0.1) is 11.3 Å². The SMILES string of the molecule is CC(C)(C)/C=C1\C2CCCOC2OC12CCCCC2. The Bertz CT molecular complexity index is 358. The van der Waals surface area contributed by atoms with E-state index in [2.05, 4.69) is 26.8 Å². The van der Waals surface area contributed by atoms with Crippen LogP contribution >= 0.6 is 0 Å². The van der Waals surface area contributed by atoms with E-state index >= 15 is 0 Å². The fourth-order valence-corrected chi connectivity index (χ4v) is 4.04. The van der Waals surface area contributed by atoms with Crippen molar-refractivity contribution in [1.29, 1.82) is 0 Å². The average Bonchev–Trinajstić information content (AvgIpc) is 2.63. The zero-order valence-electron chi connectivity index (χ0n) is 12.7. The minimum atomic E-state index is 0.0191. The van der Waals surface area contributed by atoms with Crippen LogP contribution in [0.15, 0.2) is 11.6 Å². The number of allylic oxidation sites excluding steroid dienone is 1. The van der Waals surface area contributed by atoms with Gasteiger partial charge in [0.05, 0.1) is 5.60 Å². The average molecular weight is 264 g/mol. The summed E-state index contributed by atoms with van der Waals surface area (Å²) in [6.45, 7) is 7.77. The van der Waals surface area contributed by atoms with Gasteiger partial charge in [-0.15, -0.1) is 0 Å². The van der Waals surface area contributed by atoms with Gasteiger partial charge in [0.25, 0.3) is 0 Å². The first-order valence-corrected chi connectivity index (χ1v) is 8.03. The molecule has 2 nitrogen and oxygen atoms in total. The third-order valence-electron chi connectivity index (χ3n) is 4.79. The van der Waals surface area contributed by atoms with Crippen LogP contribution in [0.25, 0.3) is 0 Å². The van der Waals surface area contributed by atoms with Gasteiger partial charge in [0.15, 0.2) is 6.29 Å². The number of ether oxygens (including phenoxy) is 2. The van der Waals surface area contributed by atoms with Gasteiger partial charge in [-0.1, -0.05) is 46.1 Å². The molecule has 3 rings (SSSR count). The summed E-state index contributed by atoms with van der Waals surface area (Å²) in [7, 11) is 0. The van der Waals surface area contributed by atoms with E-state index < -0.39 is 0 Å². The van der Waals surface area contributed by atoms with Crippen molar-refractivity contribution in [2.45, 2.75) is 77.6 Å². The molecule has 3 aliphatic rings. The lowest BCUT2D eigenvalue weighted by atomic mass is 9.73. The molecular weight excluding hydrogens is 236 g/mol. The number of hydrogen-bond acceptors (Lipinski definition) is 2. The normalized spacial score (nSPS) is 36.7. The predicted octanol–water partition coefficient (Wildman–Crippen LogP) is 4.44. The summed E-state index contributed by atoms with van der Waals surface area (Å²) < 4.78 is 12.4. The molecular formula is C17H28O2. The van der Waals surface area contributed by atoms with Crippen molar-refractivity contribution in [2.75, 3.05) is 6.61 Å². The highest BCUT2D eigenvalue weighted by Crippen LogP contribution is 2.52. The van der Waals surface area contributed by atoms with Crippen LogP contribution in [0.3, 0.4) is 0 Å². The van der Waals surface area contributed by atoms with Crippen molar-refractivity contribution >= 4 is 0 Å². The topological polar surface area (TPSA) is 18.5 Å². The molecule has 2 heterocycles. The molecule has 2 unspecified atom stereocenters. The van der Waals surface area contributed by atoms with Crippen molar-refractivity contribution in [2.24, 2.45) is 11.3 Å². The highest BCUT2D eigenvalue weighted by molar-refractivity contribution is 5.28. The molecule has 3 fully saturated rings. The van der Waals surface area contributed by atoms with Crippen molar-refractivity contribution in [3.63, 3.8) is 0 Å². The Morgan fingerprint density at radius 2 is 1.84 bits per heavy atom. The van der Waals surface area contributed by atoms with Gasteiger partial charge in [0, 0.05) is 12.5 Å². The van der Waals surface area contributed by atoms with E-state index in [0.29, 0.717) is 5.92 Å². The van der Waals surface area contributed by atoms with Crippen LogP contribution in [0.5, 0.6) is 0 Å². The second-order valence-electron chi connectivity index (χ2n) is 7.63. The number of rotatable bonds is 0. The monoisotopic (exact) mass is 264 g/mol. The van der Waals surface area contributed by atoms with Gasteiger partial charge >= 0.3 is 0 Å². The number of hydrogen-bond donors (Lipinski definition) is 0. The van der Waals surface area contributed by atoms with Gasteiger partial charge in [-0.25, -0.2) is 0 Å². The van der Waals surface area contributed by atoms with Crippen LogP contribution in [0.4, 0.5) is 0 Å². The van der Waals surface area contributed by atoms with E-state index in [4.69, 9.17) is 9.47 Å². The quantitative estimate of drug-likeness (QED) is 0.602. The van der Waals surface area contributed by atoms with Gasteiger partial charge in [0.1, 0.15) is 0 Å². The molecule has 1 saturated carbocycles. The highest BCUT2D eigenvalue weighted by atomic mass is 16.7. The molecule has 1 aliphatic carbocycles. The summed E-state index contributed by atoms with van der Waals surface area (Å²) in [5.41, 5.74) is 1.82. The van der Waals surface area contributed by atoms with Crippen LogP contribution in [-0.2, 0) is 9.47 Å². The Morgan fingerprint density at radius 1 is 1.11 bits per heavy atom. The Hall–Kier alpha value is -0.340. The maximum atomic E-state index is 6.46. The lowest BCUT2D eigenvalue weighted by molar-refractivity contribution is -0.197. The molecule has 108 valence electrons. The summed E-state index contributed by atoms with van der Waals surface area (Å²) in [6.07, 6.45) is 11.3. The second-order valence-corrected chi connectivity index (χ2v) is 7.63.